The number of hydrogen-bond acceptors (Lipinski definition) is 10. The molecule has 0 radical (unpaired) electrons. The quantitative estimate of drug-likeness (QED) is 0.327. The van der Waals surface area contributed by atoms with Crippen LogP contribution in [0.15, 0.2) is 18.7 Å². The lowest BCUT2D eigenvalue weighted by Crippen LogP contribution is -2.63. The number of nitrogens with one attached hydrogen (secondary N) is 1. The lowest BCUT2D eigenvalue weighted by Gasteiger charge is -2.42. The number of aliphatic hydroxyl groups excluding tert-OH is 2. The molecule has 0 spiro atoms. The third-order valence-electron chi connectivity index (χ3n) is 5.27. The van der Waals surface area contributed by atoms with Crippen LogP contribution in [0.1, 0.15) is 27.7 Å². The zero-order valence-corrected chi connectivity index (χ0v) is 20.8. The van der Waals surface area contributed by atoms with E-state index in [2.05, 4.69) is 20.6 Å². The van der Waals surface area contributed by atoms with E-state index in [1.54, 1.807) is 44.9 Å². The van der Waals surface area contributed by atoms with Crippen molar-refractivity contribution in [3.63, 3.8) is 0 Å². The second-order valence-corrected chi connectivity index (χ2v) is 8.90. The van der Waals surface area contributed by atoms with Gasteiger partial charge in [-0.15, -0.1) is 5.10 Å². The normalized spacial score (nSPS) is 24.9. The van der Waals surface area contributed by atoms with Crippen LogP contribution in [0.3, 0.4) is 0 Å². The van der Waals surface area contributed by atoms with Crippen LogP contribution in [0.4, 0.5) is 0 Å². The van der Waals surface area contributed by atoms with Gasteiger partial charge in [0.2, 0.25) is 0 Å². The molecular weight excluding hydrogens is 460 g/mol. The molecule has 0 bridgehead atoms. The van der Waals surface area contributed by atoms with E-state index in [1.807, 2.05) is 17.8 Å². The lowest BCUT2D eigenvalue weighted by atomic mass is 9.97. The summed E-state index contributed by atoms with van der Waals surface area (Å²) in [5, 5.41) is 31.9. The number of amides is 1. The molecule has 1 aliphatic heterocycles. The fourth-order valence-corrected chi connectivity index (χ4v) is 3.63. The highest BCUT2D eigenvalue weighted by molar-refractivity contribution is 5.81. The molecule has 0 saturated carbocycles. The molecule has 0 aliphatic carbocycles. The summed E-state index contributed by atoms with van der Waals surface area (Å²) in [5.41, 5.74) is 1.58. The number of carbonyl (C=O) groups is 1. The number of aryl methyl sites for hydroxylation is 1. The first-order valence-electron chi connectivity index (χ1n) is 11.7. The first kappa shape index (κ1) is 27.2. The van der Waals surface area contributed by atoms with Crippen molar-refractivity contribution in [1.29, 1.82) is 0 Å². The van der Waals surface area contributed by atoms with Crippen molar-refractivity contribution in [2.75, 3.05) is 19.8 Å². The molecule has 13 heteroatoms. The van der Waals surface area contributed by atoms with E-state index in [0.717, 1.165) is 11.4 Å². The molecule has 0 aromatic carbocycles. The molecule has 3 heterocycles. The van der Waals surface area contributed by atoms with E-state index in [9.17, 15) is 15.0 Å². The van der Waals surface area contributed by atoms with Gasteiger partial charge in [0.25, 0.3) is 5.91 Å². The van der Waals surface area contributed by atoms with Gasteiger partial charge in [0, 0.05) is 13.6 Å². The monoisotopic (exact) mass is 496 g/mol. The third-order valence-corrected chi connectivity index (χ3v) is 5.27. The first-order valence-corrected chi connectivity index (χ1v) is 11.7. The van der Waals surface area contributed by atoms with E-state index >= 15 is 0 Å². The number of rotatable bonds is 12. The van der Waals surface area contributed by atoms with Gasteiger partial charge < -0.3 is 39.0 Å². The summed E-state index contributed by atoms with van der Waals surface area (Å²) in [6.07, 6.45) is -1.37. The Morgan fingerprint density at radius 3 is 2.57 bits per heavy atom. The zero-order valence-electron chi connectivity index (χ0n) is 20.8. The molecule has 5 atom stereocenters. The van der Waals surface area contributed by atoms with Crippen molar-refractivity contribution in [1.82, 2.24) is 29.9 Å². The van der Waals surface area contributed by atoms with Crippen molar-refractivity contribution in [3.8, 4) is 11.4 Å². The zero-order chi connectivity index (χ0) is 25.5. The molecular formula is C22H36N6O7. The fourth-order valence-electron chi connectivity index (χ4n) is 3.63. The van der Waals surface area contributed by atoms with Gasteiger partial charge in [-0.05, 0) is 27.7 Å². The van der Waals surface area contributed by atoms with Crippen LogP contribution in [0.2, 0.25) is 0 Å². The molecule has 1 unspecified atom stereocenters. The minimum Gasteiger partial charge on any atom is -0.387 e. The van der Waals surface area contributed by atoms with Crippen molar-refractivity contribution < 1.29 is 34.0 Å². The number of imidazole rings is 1. The smallest absolute Gasteiger partial charge is 0.252 e. The standard InChI is InChI=1S/C22H36N6O7/c1-13(2)33-19-17(29)18(30)22(34-14(3)4)35-20(19)21(31)24-6-8-32-9-7-28-11-15(25-26-28)16-10-23-12-27(16)5/h10-14,17-20,22,29-30H,6-9H2,1-5H3,(H,24,31)/t17-,18+,19+,20?,22-/m1/s1. The van der Waals surface area contributed by atoms with Crippen LogP contribution in [0, 0.1) is 0 Å². The number of nitrogens with zero attached hydrogens (tertiary/aromatic N) is 5. The minimum atomic E-state index is -1.35. The summed E-state index contributed by atoms with van der Waals surface area (Å²) in [6.45, 7) is 8.43. The third kappa shape index (κ3) is 7.29. The van der Waals surface area contributed by atoms with Crippen molar-refractivity contribution in [3.05, 3.63) is 18.7 Å². The van der Waals surface area contributed by atoms with E-state index < -0.39 is 36.6 Å². The summed E-state index contributed by atoms with van der Waals surface area (Å²) in [7, 11) is 1.88. The molecule has 2 aromatic rings. The summed E-state index contributed by atoms with van der Waals surface area (Å²) in [4.78, 5) is 16.9. The van der Waals surface area contributed by atoms with Gasteiger partial charge in [-0.2, -0.15) is 0 Å². The van der Waals surface area contributed by atoms with Crippen LogP contribution >= 0.6 is 0 Å². The molecule has 13 nitrogen and oxygen atoms in total. The Bertz CT molecular complexity index is 933. The predicted molar refractivity (Wildman–Crippen MR) is 123 cm³/mol. The number of hydrogen-bond donors (Lipinski definition) is 3. The molecule has 1 fully saturated rings. The summed E-state index contributed by atoms with van der Waals surface area (Å²) in [6, 6.07) is 0. The Kier molecular flexibility index (Phi) is 9.71. The number of ether oxygens (including phenoxy) is 4. The van der Waals surface area contributed by atoms with Crippen molar-refractivity contribution >= 4 is 5.91 Å². The molecule has 3 rings (SSSR count). The van der Waals surface area contributed by atoms with Gasteiger partial charge in [0.1, 0.15) is 24.0 Å². The Morgan fingerprint density at radius 1 is 1.17 bits per heavy atom. The maximum atomic E-state index is 12.8. The van der Waals surface area contributed by atoms with Gasteiger partial charge in [0.05, 0.1) is 56.4 Å². The maximum absolute atomic E-state index is 12.8. The van der Waals surface area contributed by atoms with E-state index in [0.29, 0.717) is 13.2 Å². The second kappa shape index (κ2) is 12.5. The topological polar surface area (TPSA) is 155 Å². The minimum absolute atomic E-state index is 0.221. The molecule has 1 saturated heterocycles. The van der Waals surface area contributed by atoms with Crippen LogP contribution in [0.5, 0.6) is 0 Å². The average Bonchev–Trinajstić information content (AvgIpc) is 3.43. The van der Waals surface area contributed by atoms with Crippen LogP contribution in [-0.4, -0.2) is 103 Å². The number of aromatic nitrogens is 5. The average molecular weight is 497 g/mol. The highest BCUT2D eigenvalue weighted by Gasteiger charge is 2.49. The molecule has 1 aliphatic rings. The SMILES string of the molecule is CC(C)O[C@@H]1OC(C(=O)NCCOCCn2cc(-c3cncn3C)nn2)[C@@H](OC(C)C)[C@H](O)[C@@H]1O. The highest BCUT2D eigenvalue weighted by atomic mass is 16.7. The van der Waals surface area contributed by atoms with Crippen LogP contribution < -0.4 is 5.32 Å². The number of aliphatic hydroxyl groups is 2. The highest BCUT2D eigenvalue weighted by Crippen LogP contribution is 2.26. The Balaban J connectivity index is 1.45. The molecule has 196 valence electrons. The van der Waals surface area contributed by atoms with E-state index in [4.69, 9.17) is 18.9 Å². The van der Waals surface area contributed by atoms with E-state index in [1.165, 1.54) is 0 Å². The predicted octanol–water partition coefficient (Wildman–Crippen LogP) is -0.523. The van der Waals surface area contributed by atoms with Crippen molar-refractivity contribution in [2.24, 2.45) is 7.05 Å². The second-order valence-electron chi connectivity index (χ2n) is 8.90. The van der Waals surface area contributed by atoms with Crippen LogP contribution in [-0.2, 0) is 37.3 Å². The van der Waals surface area contributed by atoms with Crippen molar-refractivity contribution in [2.45, 2.75) is 77.2 Å². The fraction of sp³-hybridized carbons (Fsp3) is 0.727. The Labute approximate surface area is 204 Å². The molecule has 2 aromatic heterocycles. The molecule has 35 heavy (non-hydrogen) atoms. The van der Waals surface area contributed by atoms with Gasteiger partial charge >= 0.3 is 0 Å². The summed E-state index contributed by atoms with van der Waals surface area (Å²) >= 11 is 0. The summed E-state index contributed by atoms with van der Waals surface area (Å²) in [5.74, 6) is -0.486. The van der Waals surface area contributed by atoms with Gasteiger partial charge in [-0.3, -0.25) is 4.79 Å². The van der Waals surface area contributed by atoms with Gasteiger partial charge in [-0.1, -0.05) is 5.21 Å². The van der Waals surface area contributed by atoms with Gasteiger partial charge in [-0.25, -0.2) is 9.67 Å². The van der Waals surface area contributed by atoms with E-state index in [-0.39, 0.29) is 25.4 Å². The van der Waals surface area contributed by atoms with Crippen LogP contribution in [0.25, 0.3) is 11.4 Å². The Morgan fingerprint density at radius 2 is 1.91 bits per heavy atom. The number of carbonyl (C=O) groups excluding carboxylic acids is 1. The first-order chi connectivity index (χ1) is 16.7. The molecule has 3 N–H and O–H groups in total. The molecule has 1 amide bonds. The summed E-state index contributed by atoms with van der Waals surface area (Å²) < 4.78 is 26.0. The Hall–Kier alpha value is -2.42. The lowest BCUT2D eigenvalue weighted by molar-refractivity contribution is -0.307. The largest absolute Gasteiger partial charge is 0.387 e. The maximum Gasteiger partial charge on any atom is 0.252 e. The van der Waals surface area contributed by atoms with Gasteiger partial charge in [0.15, 0.2) is 12.4 Å².